The summed E-state index contributed by atoms with van der Waals surface area (Å²) in [5, 5.41) is 14.2. The highest BCUT2D eigenvalue weighted by atomic mass is 19.4. The highest BCUT2D eigenvalue weighted by molar-refractivity contribution is 5.63. The number of hydrogen-bond donors (Lipinski definition) is 1. The van der Waals surface area contributed by atoms with Crippen LogP contribution in [0.2, 0.25) is 0 Å². The quantitative estimate of drug-likeness (QED) is 0.677. The summed E-state index contributed by atoms with van der Waals surface area (Å²) in [5.74, 6) is 0. The summed E-state index contributed by atoms with van der Waals surface area (Å²) < 4.78 is 38.1. The molecule has 1 aliphatic heterocycles. The highest BCUT2D eigenvalue weighted by Crippen LogP contribution is 2.37. The lowest BCUT2D eigenvalue weighted by Gasteiger charge is -2.20. The van der Waals surface area contributed by atoms with Crippen molar-refractivity contribution in [3.05, 3.63) is 33.9 Å². The van der Waals surface area contributed by atoms with Crippen molar-refractivity contribution >= 4 is 11.4 Å². The fourth-order valence-electron chi connectivity index (χ4n) is 3.28. The molecule has 2 unspecified atom stereocenters. The lowest BCUT2D eigenvalue weighted by Crippen LogP contribution is -2.31. The largest absolute Gasteiger partial charge is 0.416 e. The van der Waals surface area contributed by atoms with E-state index in [1.165, 1.54) is 12.8 Å². The van der Waals surface area contributed by atoms with Crippen LogP contribution in [0.5, 0.6) is 0 Å². The van der Waals surface area contributed by atoms with Gasteiger partial charge in [-0.1, -0.05) is 0 Å². The molecule has 1 saturated carbocycles. The summed E-state index contributed by atoms with van der Waals surface area (Å²) in [7, 11) is 0. The molecule has 0 aromatic heterocycles. The van der Waals surface area contributed by atoms with Crippen LogP contribution in [-0.2, 0) is 6.18 Å². The van der Waals surface area contributed by atoms with Crippen molar-refractivity contribution in [2.24, 2.45) is 0 Å². The molecule has 1 aromatic carbocycles. The first-order chi connectivity index (χ1) is 10.8. The first-order valence-corrected chi connectivity index (χ1v) is 7.63. The number of halogens is 3. The van der Waals surface area contributed by atoms with E-state index < -0.39 is 22.4 Å². The Morgan fingerprint density at radius 1 is 1.35 bits per heavy atom. The Bertz CT molecular complexity index is 616. The summed E-state index contributed by atoms with van der Waals surface area (Å²) in [6, 6.07) is 3.63. The number of nitrogens with zero attached hydrogens (tertiary/aromatic N) is 2. The number of hydrogen-bond acceptors (Lipinski definition) is 4. The Balaban J connectivity index is 1.78. The summed E-state index contributed by atoms with van der Waals surface area (Å²) in [6.45, 7) is 2.88. The van der Waals surface area contributed by atoms with Gasteiger partial charge in [0.1, 0.15) is 5.69 Å². The molecule has 1 aromatic rings. The molecule has 0 amide bonds. The van der Waals surface area contributed by atoms with E-state index in [0.717, 1.165) is 25.1 Å². The predicted octanol–water partition coefficient (Wildman–Crippen LogP) is 3.65. The molecule has 2 fully saturated rings. The maximum absolute atomic E-state index is 12.7. The van der Waals surface area contributed by atoms with E-state index in [1.54, 1.807) is 0 Å². The molecule has 3 rings (SSSR count). The third-order valence-electron chi connectivity index (χ3n) is 4.52. The SMILES string of the molecule is CC1CC(Nc2ccc(C(F)(F)F)cc2[N+](=O)[O-])CN1C1CC1. The van der Waals surface area contributed by atoms with Crippen LogP contribution in [0.15, 0.2) is 18.2 Å². The van der Waals surface area contributed by atoms with Crippen LogP contribution in [0.4, 0.5) is 24.5 Å². The Morgan fingerprint density at radius 2 is 2.04 bits per heavy atom. The van der Waals surface area contributed by atoms with Crippen LogP contribution in [0, 0.1) is 10.1 Å². The fourth-order valence-corrected chi connectivity index (χ4v) is 3.28. The zero-order chi connectivity index (χ0) is 16.8. The van der Waals surface area contributed by atoms with Crippen molar-refractivity contribution in [3.8, 4) is 0 Å². The minimum atomic E-state index is -4.59. The molecule has 1 aliphatic carbocycles. The Kier molecular flexibility index (Phi) is 3.95. The van der Waals surface area contributed by atoms with E-state index in [9.17, 15) is 23.3 Å². The molecule has 2 atom stereocenters. The maximum atomic E-state index is 12.7. The molecule has 23 heavy (non-hydrogen) atoms. The summed E-state index contributed by atoms with van der Waals surface area (Å²) in [5.41, 5.74) is -1.38. The number of nitro groups is 1. The second-order valence-corrected chi connectivity index (χ2v) is 6.34. The van der Waals surface area contributed by atoms with Gasteiger partial charge in [0, 0.05) is 30.7 Å². The molecule has 0 bridgehead atoms. The van der Waals surface area contributed by atoms with Crippen LogP contribution in [0.1, 0.15) is 31.7 Å². The third-order valence-corrected chi connectivity index (χ3v) is 4.52. The molecule has 2 aliphatic rings. The smallest absolute Gasteiger partial charge is 0.375 e. The summed E-state index contributed by atoms with van der Waals surface area (Å²) in [4.78, 5) is 12.7. The molecule has 1 saturated heterocycles. The number of alkyl halides is 3. The standard InChI is InChI=1S/C15H18F3N3O2/c1-9-6-11(8-20(9)12-3-4-12)19-13-5-2-10(15(16,17)18)7-14(13)21(22)23/h2,5,7,9,11-12,19H,3-4,6,8H2,1H3. The Morgan fingerprint density at radius 3 is 2.61 bits per heavy atom. The summed E-state index contributed by atoms with van der Waals surface area (Å²) >= 11 is 0. The minimum Gasteiger partial charge on any atom is -0.375 e. The third kappa shape index (κ3) is 3.41. The highest BCUT2D eigenvalue weighted by Gasteiger charge is 2.39. The van der Waals surface area contributed by atoms with Crippen molar-refractivity contribution in [1.29, 1.82) is 0 Å². The molecular weight excluding hydrogens is 311 g/mol. The molecule has 5 nitrogen and oxygen atoms in total. The van der Waals surface area contributed by atoms with Crippen LogP contribution in [-0.4, -0.2) is 34.5 Å². The van der Waals surface area contributed by atoms with Gasteiger partial charge in [-0.3, -0.25) is 15.0 Å². The first kappa shape index (κ1) is 16.0. The topological polar surface area (TPSA) is 58.4 Å². The number of anilines is 1. The lowest BCUT2D eigenvalue weighted by atomic mass is 10.1. The van der Waals surface area contributed by atoms with Gasteiger partial charge in [0.15, 0.2) is 0 Å². The van der Waals surface area contributed by atoms with Gasteiger partial charge in [-0.15, -0.1) is 0 Å². The van der Waals surface area contributed by atoms with Gasteiger partial charge in [-0.2, -0.15) is 13.2 Å². The van der Waals surface area contributed by atoms with Crippen molar-refractivity contribution < 1.29 is 18.1 Å². The van der Waals surface area contributed by atoms with Gasteiger partial charge in [0.25, 0.3) is 5.69 Å². The van der Waals surface area contributed by atoms with Crippen molar-refractivity contribution in [2.75, 3.05) is 11.9 Å². The zero-order valence-corrected chi connectivity index (χ0v) is 12.6. The fraction of sp³-hybridized carbons (Fsp3) is 0.600. The second kappa shape index (κ2) is 5.67. The van der Waals surface area contributed by atoms with Gasteiger partial charge in [0.05, 0.1) is 10.5 Å². The minimum absolute atomic E-state index is 0.0148. The van der Waals surface area contributed by atoms with Gasteiger partial charge in [0.2, 0.25) is 0 Å². The monoisotopic (exact) mass is 329 g/mol. The van der Waals surface area contributed by atoms with E-state index in [2.05, 4.69) is 17.1 Å². The predicted molar refractivity (Wildman–Crippen MR) is 79.3 cm³/mol. The molecule has 126 valence electrons. The number of benzene rings is 1. The molecule has 0 radical (unpaired) electrons. The van der Waals surface area contributed by atoms with E-state index in [4.69, 9.17) is 0 Å². The van der Waals surface area contributed by atoms with Crippen LogP contribution in [0.25, 0.3) is 0 Å². The molecular formula is C15H18F3N3O2. The number of nitro benzene ring substituents is 1. The number of nitrogens with one attached hydrogen (secondary N) is 1. The van der Waals surface area contributed by atoms with Crippen molar-refractivity contribution in [3.63, 3.8) is 0 Å². The molecule has 1 N–H and O–H groups in total. The Labute approximate surface area is 131 Å². The normalized spacial score (nSPS) is 25.6. The second-order valence-electron chi connectivity index (χ2n) is 6.34. The maximum Gasteiger partial charge on any atom is 0.416 e. The number of likely N-dealkylation sites (tertiary alicyclic amines) is 1. The van der Waals surface area contributed by atoms with E-state index in [1.807, 2.05) is 0 Å². The van der Waals surface area contributed by atoms with Crippen LogP contribution >= 0.6 is 0 Å². The van der Waals surface area contributed by atoms with Crippen molar-refractivity contribution in [2.45, 2.75) is 50.5 Å². The van der Waals surface area contributed by atoms with E-state index in [0.29, 0.717) is 18.2 Å². The van der Waals surface area contributed by atoms with Gasteiger partial charge < -0.3 is 5.32 Å². The Hall–Kier alpha value is -1.83. The summed E-state index contributed by atoms with van der Waals surface area (Å²) in [6.07, 6.45) is -1.41. The van der Waals surface area contributed by atoms with Crippen LogP contribution < -0.4 is 5.32 Å². The molecule has 1 heterocycles. The number of rotatable bonds is 4. The van der Waals surface area contributed by atoms with Crippen molar-refractivity contribution in [1.82, 2.24) is 4.90 Å². The van der Waals surface area contributed by atoms with E-state index in [-0.39, 0.29) is 11.7 Å². The average molecular weight is 329 g/mol. The lowest BCUT2D eigenvalue weighted by molar-refractivity contribution is -0.384. The molecule has 8 heteroatoms. The zero-order valence-electron chi connectivity index (χ0n) is 12.6. The average Bonchev–Trinajstić information content (AvgIpc) is 3.22. The van der Waals surface area contributed by atoms with Crippen LogP contribution in [0.3, 0.4) is 0 Å². The van der Waals surface area contributed by atoms with Gasteiger partial charge in [-0.25, -0.2) is 0 Å². The van der Waals surface area contributed by atoms with Gasteiger partial charge >= 0.3 is 6.18 Å². The molecule has 0 spiro atoms. The first-order valence-electron chi connectivity index (χ1n) is 7.63. The van der Waals surface area contributed by atoms with E-state index >= 15 is 0 Å². The van der Waals surface area contributed by atoms with Gasteiger partial charge in [-0.05, 0) is 38.3 Å².